The molecule has 1 heterocycles. The topological polar surface area (TPSA) is 77.1 Å². The molecule has 0 fully saturated rings. The number of aryl methyl sites for hydroxylation is 2. The second-order valence-electron chi connectivity index (χ2n) is 7.08. The number of benzene rings is 2. The molecule has 30 heavy (non-hydrogen) atoms. The molecule has 1 aliphatic rings. The number of methoxy groups -OCH3 is 3. The fourth-order valence-corrected chi connectivity index (χ4v) is 3.53. The lowest BCUT2D eigenvalue weighted by Gasteiger charge is -2.15. The standard InChI is InChI=1S/C23H26N2O5/c1-14-10-15(2)12-17(11-14)24-21-20(22(26)25(23(21)27)8-9-28-3)16-6-7-18(29-4)19(13-16)30-5/h6-7,10-13,24H,8-9H2,1-5H3. The number of nitrogens with zero attached hydrogens (tertiary/aromatic N) is 1. The average molecular weight is 410 g/mol. The summed E-state index contributed by atoms with van der Waals surface area (Å²) < 4.78 is 15.7. The highest BCUT2D eigenvalue weighted by molar-refractivity contribution is 6.36. The summed E-state index contributed by atoms with van der Waals surface area (Å²) in [7, 11) is 4.60. The number of imide groups is 1. The van der Waals surface area contributed by atoms with Crippen molar-refractivity contribution in [1.29, 1.82) is 0 Å². The predicted molar refractivity (Wildman–Crippen MR) is 115 cm³/mol. The third kappa shape index (κ3) is 4.16. The molecule has 0 saturated heterocycles. The van der Waals surface area contributed by atoms with Crippen molar-refractivity contribution in [2.24, 2.45) is 0 Å². The van der Waals surface area contributed by atoms with Crippen LogP contribution in [0.3, 0.4) is 0 Å². The van der Waals surface area contributed by atoms with Crippen LogP contribution in [0.2, 0.25) is 0 Å². The number of nitrogens with one attached hydrogen (secondary N) is 1. The van der Waals surface area contributed by atoms with Crippen LogP contribution in [0.5, 0.6) is 11.5 Å². The Bertz CT molecular complexity index is 992. The SMILES string of the molecule is COCCN1C(=O)C(Nc2cc(C)cc(C)c2)=C(c2ccc(OC)c(OC)c2)C1=O. The summed E-state index contributed by atoms with van der Waals surface area (Å²) in [5.41, 5.74) is 3.94. The van der Waals surface area contributed by atoms with Crippen molar-refractivity contribution in [2.45, 2.75) is 13.8 Å². The molecule has 158 valence electrons. The summed E-state index contributed by atoms with van der Waals surface area (Å²) in [6, 6.07) is 11.1. The van der Waals surface area contributed by atoms with E-state index in [0.29, 0.717) is 17.1 Å². The Balaban J connectivity index is 2.10. The minimum absolute atomic E-state index is 0.170. The van der Waals surface area contributed by atoms with Gasteiger partial charge in [-0.25, -0.2) is 0 Å². The molecule has 1 N–H and O–H groups in total. The highest BCUT2D eigenvalue weighted by Crippen LogP contribution is 2.35. The normalized spacial score (nSPS) is 13.8. The van der Waals surface area contributed by atoms with Crippen molar-refractivity contribution in [3.63, 3.8) is 0 Å². The van der Waals surface area contributed by atoms with E-state index in [9.17, 15) is 9.59 Å². The lowest BCUT2D eigenvalue weighted by Crippen LogP contribution is -2.35. The van der Waals surface area contributed by atoms with Gasteiger partial charge < -0.3 is 19.5 Å². The molecule has 0 saturated carbocycles. The van der Waals surface area contributed by atoms with Gasteiger partial charge in [-0.2, -0.15) is 0 Å². The van der Waals surface area contributed by atoms with Crippen molar-refractivity contribution < 1.29 is 23.8 Å². The molecule has 0 atom stereocenters. The second-order valence-corrected chi connectivity index (χ2v) is 7.08. The number of carbonyl (C=O) groups excluding carboxylic acids is 2. The van der Waals surface area contributed by atoms with Gasteiger partial charge in [0, 0.05) is 12.8 Å². The quantitative estimate of drug-likeness (QED) is 0.674. The van der Waals surface area contributed by atoms with E-state index < -0.39 is 0 Å². The third-order valence-electron chi connectivity index (χ3n) is 4.85. The molecule has 0 radical (unpaired) electrons. The van der Waals surface area contributed by atoms with Crippen LogP contribution in [-0.4, -0.2) is 51.2 Å². The smallest absolute Gasteiger partial charge is 0.278 e. The van der Waals surface area contributed by atoms with Crippen LogP contribution in [0, 0.1) is 13.8 Å². The van der Waals surface area contributed by atoms with Crippen LogP contribution in [0.4, 0.5) is 5.69 Å². The first-order valence-corrected chi connectivity index (χ1v) is 9.56. The summed E-state index contributed by atoms with van der Waals surface area (Å²) in [6.45, 7) is 4.39. The number of amides is 2. The zero-order valence-electron chi connectivity index (χ0n) is 17.9. The van der Waals surface area contributed by atoms with Gasteiger partial charge in [0.1, 0.15) is 5.70 Å². The van der Waals surface area contributed by atoms with Crippen LogP contribution in [-0.2, 0) is 14.3 Å². The largest absolute Gasteiger partial charge is 0.493 e. The fourth-order valence-electron chi connectivity index (χ4n) is 3.53. The number of carbonyl (C=O) groups is 2. The maximum Gasteiger partial charge on any atom is 0.278 e. The summed E-state index contributed by atoms with van der Waals surface area (Å²) >= 11 is 0. The number of ether oxygens (including phenoxy) is 3. The van der Waals surface area contributed by atoms with Crippen LogP contribution < -0.4 is 14.8 Å². The summed E-state index contributed by atoms with van der Waals surface area (Å²) in [5, 5.41) is 3.18. The van der Waals surface area contributed by atoms with Gasteiger partial charge in [-0.3, -0.25) is 14.5 Å². The summed E-state index contributed by atoms with van der Waals surface area (Å²) in [6.07, 6.45) is 0. The zero-order valence-corrected chi connectivity index (χ0v) is 17.9. The average Bonchev–Trinajstić information content (AvgIpc) is 2.94. The Morgan fingerprint density at radius 1 is 0.867 bits per heavy atom. The molecule has 0 bridgehead atoms. The first-order valence-electron chi connectivity index (χ1n) is 9.56. The van der Waals surface area contributed by atoms with E-state index in [0.717, 1.165) is 16.8 Å². The van der Waals surface area contributed by atoms with E-state index in [1.54, 1.807) is 25.3 Å². The van der Waals surface area contributed by atoms with Crippen molar-refractivity contribution >= 4 is 23.1 Å². The summed E-state index contributed by atoms with van der Waals surface area (Å²) in [5.74, 6) is 0.250. The fraction of sp³-hybridized carbons (Fsp3) is 0.304. The Morgan fingerprint density at radius 3 is 2.13 bits per heavy atom. The van der Waals surface area contributed by atoms with Crippen LogP contribution in [0.15, 0.2) is 42.1 Å². The highest BCUT2D eigenvalue weighted by Gasteiger charge is 2.39. The Labute approximate surface area is 176 Å². The van der Waals surface area contributed by atoms with E-state index in [1.807, 2.05) is 32.0 Å². The van der Waals surface area contributed by atoms with Gasteiger partial charge in [0.25, 0.3) is 11.8 Å². The second kappa shape index (κ2) is 9.00. The van der Waals surface area contributed by atoms with Crippen molar-refractivity contribution in [3.05, 3.63) is 58.8 Å². The maximum atomic E-state index is 13.2. The Kier molecular flexibility index (Phi) is 6.42. The van der Waals surface area contributed by atoms with Gasteiger partial charge in [-0.15, -0.1) is 0 Å². The van der Waals surface area contributed by atoms with Crippen LogP contribution >= 0.6 is 0 Å². The Hall–Kier alpha value is -3.32. The van der Waals surface area contributed by atoms with Gasteiger partial charge in [-0.05, 0) is 54.8 Å². The number of anilines is 1. The molecule has 2 aromatic rings. The van der Waals surface area contributed by atoms with Crippen LogP contribution in [0.1, 0.15) is 16.7 Å². The van der Waals surface area contributed by atoms with Crippen molar-refractivity contribution in [1.82, 2.24) is 4.90 Å². The molecule has 1 aliphatic heterocycles. The lowest BCUT2D eigenvalue weighted by atomic mass is 10.0. The van der Waals surface area contributed by atoms with E-state index in [1.165, 1.54) is 19.1 Å². The molecule has 7 heteroatoms. The van der Waals surface area contributed by atoms with Gasteiger partial charge in [0.05, 0.1) is 32.9 Å². The molecule has 2 aromatic carbocycles. The number of hydrogen-bond acceptors (Lipinski definition) is 6. The molecule has 0 aromatic heterocycles. The Morgan fingerprint density at radius 2 is 1.53 bits per heavy atom. The summed E-state index contributed by atoms with van der Waals surface area (Å²) in [4.78, 5) is 27.5. The predicted octanol–water partition coefficient (Wildman–Crippen LogP) is 3.16. The zero-order chi connectivity index (χ0) is 21.8. The van der Waals surface area contributed by atoms with Gasteiger partial charge >= 0.3 is 0 Å². The minimum Gasteiger partial charge on any atom is -0.493 e. The molecule has 2 amide bonds. The lowest BCUT2D eigenvalue weighted by molar-refractivity contribution is -0.137. The monoisotopic (exact) mass is 410 g/mol. The van der Waals surface area contributed by atoms with Crippen molar-refractivity contribution in [3.8, 4) is 11.5 Å². The van der Waals surface area contributed by atoms with E-state index in [-0.39, 0.29) is 36.2 Å². The molecular weight excluding hydrogens is 384 g/mol. The van der Waals surface area contributed by atoms with E-state index in [2.05, 4.69) is 5.32 Å². The number of rotatable bonds is 8. The van der Waals surface area contributed by atoms with Gasteiger partial charge in [0.2, 0.25) is 0 Å². The maximum absolute atomic E-state index is 13.2. The van der Waals surface area contributed by atoms with E-state index >= 15 is 0 Å². The third-order valence-corrected chi connectivity index (χ3v) is 4.85. The van der Waals surface area contributed by atoms with Gasteiger partial charge in [-0.1, -0.05) is 12.1 Å². The molecular formula is C23H26N2O5. The van der Waals surface area contributed by atoms with Crippen LogP contribution in [0.25, 0.3) is 5.57 Å². The molecule has 0 aliphatic carbocycles. The first kappa shape index (κ1) is 21.4. The molecule has 0 spiro atoms. The molecule has 0 unspecified atom stereocenters. The molecule has 3 rings (SSSR count). The first-order chi connectivity index (χ1) is 14.4. The van der Waals surface area contributed by atoms with Crippen molar-refractivity contribution in [2.75, 3.05) is 39.8 Å². The minimum atomic E-state index is -0.388. The highest BCUT2D eigenvalue weighted by atomic mass is 16.5. The van der Waals surface area contributed by atoms with E-state index in [4.69, 9.17) is 14.2 Å². The van der Waals surface area contributed by atoms with Gasteiger partial charge in [0.15, 0.2) is 11.5 Å². The molecule has 7 nitrogen and oxygen atoms in total. The number of hydrogen-bond donors (Lipinski definition) is 1.